The van der Waals surface area contributed by atoms with Gasteiger partial charge in [0.25, 0.3) is 0 Å². The molecule has 0 aromatic carbocycles. The number of nitrogens with two attached hydrogens (primary N) is 1. The Balaban J connectivity index is 2.77. The Bertz CT molecular complexity index is 340. The fourth-order valence-corrected chi connectivity index (χ4v) is 1.76. The molecule has 0 saturated carbocycles. The summed E-state index contributed by atoms with van der Waals surface area (Å²) in [5.41, 5.74) is 5.19. The summed E-state index contributed by atoms with van der Waals surface area (Å²) in [4.78, 5) is 25.0. The number of methoxy groups -OCH3 is 1. The molecule has 7 nitrogen and oxygen atoms in total. The van der Waals surface area contributed by atoms with E-state index in [9.17, 15) is 9.59 Å². The lowest BCUT2D eigenvalue weighted by molar-refractivity contribution is -0.145. The van der Waals surface area contributed by atoms with E-state index < -0.39 is 29.7 Å². The van der Waals surface area contributed by atoms with E-state index in [1.54, 1.807) is 20.8 Å². The molecule has 0 aromatic heterocycles. The summed E-state index contributed by atoms with van der Waals surface area (Å²) in [5.74, 6) is -0.580. The fourth-order valence-electron chi connectivity index (χ4n) is 1.76. The number of hydrogen-bond donors (Lipinski definition) is 1. The maximum Gasteiger partial charge on any atom is 0.410 e. The second-order valence-corrected chi connectivity index (χ2v) is 5.36. The van der Waals surface area contributed by atoms with Crippen LogP contribution in [0.25, 0.3) is 0 Å². The van der Waals surface area contributed by atoms with Gasteiger partial charge in [-0.15, -0.1) is 0 Å². The molecular formula is C12H22N2O5. The summed E-state index contributed by atoms with van der Waals surface area (Å²) >= 11 is 0. The number of esters is 1. The van der Waals surface area contributed by atoms with Crippen molar-refractivity contribution < 1.29 is 23.8 Å². The topological polar surface area (TPSA) is 91.1 Å². The number of hydrogen-bond acceptors (Lipinski definition) is 6. The van der Waals surface area contributed by atoms with Crippen molar-refractivity contribution in [2.75, 3.05) is 26.9 Å². The van der Waals surface area contributed by atoms with Crippen LogP contribution < -0.4 is 5.73 Å². The lowest BCUT2D eigenvalue weighted by atomic mass is 10.1. The van der Waals surface area contributed by atoms with Crippen LogP contribution in [0.4, 0.5) is 4.79 Å². The molecule has 1 heterocycles. The highest BCUT2D eigenvalue weighted by atomic mass is 16.6. The van der Waals surface area contributed by atoms with Gasteiger partial charge in [-0.3, -0.25) is 9.69 Å². The first-order valence-corrected chi connectivity index (χ1v) is 6.17. The first-order chi connectivity index (χ1) is 8.76. The van der Waals surface area contributed by atoms with Crippen LogP contribution in [-0.4, -0.2) is 61.5 Å². The molecule has 0 radical (unpaired) electrons. The molecule has 0 aliphatic carbocycles. The molecule has 1 fully saturated rings. The number of nitrogens with zero attached hydrogens (tertiary/aromatic N) is 1. The Labute approximate surface area is 113 Å². The van der Waals surface area contributed by atoms with Crippen LogP contribution in [0.2, 0.25) is 0 Å². The molecule has 1 aliphatic heterocycles. The predicted molar refractivity (Wildman–Crippen MR) is 67.5 cm³/mol. The first kappa shape index (κ1) is 15.7. The van der Waals surface area contributed by atoms with E-state index in [2.05, 4.69) is 4.74 Å². The second-order valence-electron chi connectivity index (χ2n) is 5.36. The number of ether oxygens (including phenoxy) is 3. The highest BCUT2D eigenvalue weighted by Gasteiger charge is 2.37. The molecule has 0 bridgehead atoms. The van der Waals surface area contributed by atoms with Crippen molar-refractivity contribution in [2.24, 2.45) is 5.73 Å². The summed E-state index contributed by atoms with van der Waals surface area (Å²) in [7, 11) is 1.25. The van der Waals surface area contributed by atoms with Gasteiger partial charge in [0.1, 0.15) is 11.6 Å². The van der Waals surface area contributed by atoms with E-state index in [1.807, 2.05) is 0 Å². The van der Waals surface area contributed by atoms with Crippen LogP contribution in [0.5, 0.6) is 0 Å². The Kier molecular flexibility index (Phi) is 5.13. The molecular weight excluding hydrogens is 252 g/mol. The van der Waals surface area contributed by atoms with Gasteiger partial charge < -0.3 is 19.9 Å². The van der Waals surface area contributed by atoms with Crippen molar-refractivity contribution in [3.63, 3.8) is 0 Å². The third-order valence-electron chi connectivity index (χ3n) is 2.68. The summed E-state index contributed by atoms with van der Waals surface area (Å²) in [5, 5.41) is 0. The van der Waals surface area contributed by atoms with Gasteiger partial charge in [-0.1, -0.05) is 0 Å². The van der Waals surface area contributed by atoms with E-state index in [-0.39, 0.29) is 6.61 Å². The van der Waals surface area contributed by atoms with E-state index in [0.717, 1.165) is 0 Å². The molecule has 1 rings (SSSR count). The lowest BCUT2D eigenvalue weighted by Crippen LogP contribution is -2.60. The molecule has 2 N–H and O–H groups in total. The summed E-state index contributed by atoms with van der Waals surface area (Å²) in [6, 6.07) is -1.52. The minimum Gasteiger partial charge on any atom is -0.468 e. The van der Waals surface area contributed by atoms with Crippen LogP contribution in [0.15, 0.2) is 0 Å². The zero-order valence-electron chi connectivity index (χ0n) is 11.8. The second kappa shape index (κ2) is 6.21. The first-order valence-electron chi connectivity index (χ1n) is 6.17. The zero-order chi connectivity index (χ0) is 14.6. The molecule has 1 saturated heterocycles. The van der Waals surface area contributed by atoms with Gasteiger partial charge in [0, 0.05) is 6.54 Å². The van der Waals surface area contributed by atoms with Crippen LogP contribution in [0.1, 0.15) is 20.8 Å². The lowest BCUT2D eigenvalue weighted by Gasteiger charge is -2.38. The van der Waals surface area contributed by atoms with E-state index in [0.29, 0.717) is 13.2 Å². The van der Waals surface area contributed by atoms with E-state index >= 15 is 0 Å². The van der Waals surface area contributed by atoms with Crippen LogP contribution in [-0.2, 0) is 19.0 Å². The number of amides is 1. The molecule has 19 heavy (non-hydrogen) atoms. The standard InChI is InChI=1S/C12H22N2O5/c1-12(2,3)19-11(16)14-5-6-18-7-8(14)9(13)10(15)17-4/h8-9H,5-7,13H2,1-4H3. The molecule has 7 heteroatoms. The number of rotatable bonds is 2. The quantitative estimate of drug-likeness (QED) is 0.719. The average Bonchev–Trinajstić information content (AvgIpc) is 2.35. The molecule has 0 spiro atoms. The maximum absolute atomic E-state index is 12.1. The summed E-state index contributed by atoms with van der Waals surface area (Å²) in [6.07, 6.45) is -0.500. The summed E-state index contributed by atoms with van der Waals surface area (Å²) < 4.78 is 15.2. The van der Waals surface area contributed by atoms with Gasteiger partial charge in [-0.25, -0.2) is 4.79 Å². The molecule has 1 aliphatic rings. The molecule has 0 aromatic rings. The van der Waals surface area contributed by atoms with E-state index in [1.165, 1.54) is 12.0 Å². The van der Waals surface area contributed by atoms with Gasteiger partial charge in [0.15, 0.2) is 0 Å². The smallest absolute Gasteiger partial charge is 0.410 e. The Morgan fingerprint density at radius 1 is 1.42 bits per heavy atom. The van der Waals surface area contributed by atoms with Crippen LogP contribution in [0.3, 0.4) is 0 Å². The number of carbonyl (C=O) groups is 2. The van der Waals surface area contributed by atoms with Gasteiger partial charge in [0.05, 0.1) is 26.4 Å². The zero-order valence-corrected chi connectivity index (χ0v) is 11.8. The molecule has 2 atom stereocenters. The monoisotopic (exact) mass is 274 g/mol. The van der Waals surface area contributed by atoms with Gasteiger partial charge in [-0.2, -0.15) is 0 Å². The SMILES string of the molecule is COC(=O)C(N)C1COCCN1C(=O)OC(C)(C)C. The van der Waals surface area contributed by atoms with Crippen molar-refractivity contribution >= 4 is 12.1 Å². The van der Waals surface area contributed by atoms with Crippen molar-refractivity contribution in [2.45, 2.75) is 38.5 Å². The van der Waals surface area contributed by atoms with Crippen molar-refractivity contribution in [3.05, 3.63) is 0 Å². The Morgan fingerprint density at radius 3 is 2.58 bits per heavy atom. The van der Waals surface area contributed by atoms with Crippen molar-refractivity contribution in [1.29, 1.82) is 0 Å². The predicted octanol–water partition coefficient (Wildman–Crippen LogP) is 0.123. The minimum absolute atomic E-state index is 0.190. The normalized spacial score (nSPS) is 21.7. The average molecular weight is 274 g/mol. The van der Waals surface area contributed by atoms with Gasteiger partial charge in [0.2, 0.25) is 0 Å². The third kappa shape index (κ3) is 4.36. The van der Waals surface area contributed by atoms with Crippen molar-refractivity contribution in [3.8, 4) is 0 Å². The maximum atomic E-state index is 12.1. The third-order valence-corrected chi connectivity index (χ3v) is 2.68. The minimum atomic E-state index is -0.946. The molecule has 1 amide bonds. The summed E-state index contributed by atoms with van der Waals surface area (Å²) in [6.45, 7) is 6.26. The molecule has 110 valence electrons. The van der Waals surface area contributed by atoms with Crippen LogP contribution in [0, 0.1) is 0 Å². The van der Waals surface area contributed by atoms with E-state index in [4.69, 9.17) is 15.2 Å². The Hall–Kier alpha value is -1.34. The van der Waals surface area contributed by atoms with Crippen molar-refractivity contribution in [1.82, 2.24) is 4.90 Å². The largest absolute Gasteiger partial charge is 0.468 e. The highest BCUT2D eigenvalue weighted by Crippen LogP contribution is 2.16. The molecule has 2 unspecified atom stereocenters. The van der Waals surface area contributed by atoms with Crippen LogP contribution >= 0.6 is 0 Å². The number of morpholine rings is 1. The van der Waals surface area contributed by atoms with Gasteiger partial charge >= 0.3 is 12.1 Å². The Morgan fingerprint density at radius 2 is 2.05 bits per heavy atom. The number of carbonyl (C=O) groups excluding carboxylic acids is 2. The van der Waals surface area contributed by atoms with Gasteiger partial charge in [-0.05, 0) is 20.8 Å². The fraction of sp³-hybridized carbons (Fsp3) is 0.833. The highest BCUT2D eigenvalue weighted by molar-refractivity contribution is 5.78.